The summed E-state index contributed by atoms with van der Waals surface area (Å²) in [5.41, 5.74) is 2.62. The van der Waals surface area contributed by atoms with Crippen LogP contribution < -0.4 is 10.6 Å². The van der Waals surface area contributed by atoms with Crippen molar-refractivity contribution in [2.45, 2.75) is 18.9 Å². The van der Waals surface area contributed by atoms with Gasteiger partial charge >= 0.3 is 6.03 Å². The molecule has 9 nitrogen and oxygen atoms in total. The van der Waals surface area contributed by atoms with Crippen LogP contribution in [0.15, 0.2) is 54.9 Å². The molecule has 1 saturated heterocycles. The largest absolute Gasteiger partial charge is 0.383 e. The van der Waals surface area contributed by atoms with E-state index >= 15 is 0 Å². The maximum atomic E-state index is 14.8. The monoisotopic (exact) mass is 553 g/mol. The molecule has 2 aromatic heterocycles. The first-order valence-corrected chi connectivity index (χ1v) is 12.8. The average molecular weight is 554 g/mol. The summed E-state index contributed by atoms with van der Waals surface area (Å²) < 4.78 is 50.7. The Labute approximate surface area is 229 Å². The third-order valence-corrected chi connectivity index (χ3v) is 7.11. The van der Waals surface area contributed by atoms with Gasteiger partial charge in [-0.1, -0.05) is 18.2 Å². The molecule has 2 aromatic carbocycles. The van der Waals surface area contributed by atoms with E-state index < -0.39 is 29.5 Å². The Morgan fingerprint density at radius 3 is 2.60 bits per heavy atom. The highest BCUT2D eigenvalue weighted by Crippen LogP contribution is 2.32. The number of nitrogens with one attached hydrogen (secondary N) is 2. The molecule has 2 amide bonds. The lowest BCUT2D eigenvalue weighted by atomic mass is 9.94. The number of halogens is 3. The minimum absolute atomic E-state index is 0.169. The number of benzene rings is 2. The number of hydrogen-bond donors (Lipinski definition) is 2. The Hall–Kier alpha value is -4.16. The van der Waals surface area contributed by atoms with E-state index in [4.69, 9.17) is 4.74 Å². The second-order valence-electron chi connectivity index (χ2n) is 9.83. The number of likely N-dealkylation sites (tertiary alicyclic amines) is 1. The van der Waals surface area contributed by atoms with Crippen molar-refractivity contribution >= 4 is 11.8 Å². The molecule has 12 heteroatoms. The fourth-order valence-corrected chi connectivity index (χ4v) is 5.09. The van der Waals surface area contributed by atoms with Gasteiger partial charge in [0.2, 0.25) is 0 Å². The molecular weight excluding hydrogens is 523 g/mol. The van der Waals surface area contributed by atoms with Crippen molar-refractivity contribution in [3.8, 4) is 16.9 Å². The number of para-hydroxylation sites is 1. The standard InChI is InChI=1S/C28H30F3N7O2/c1-17-26(19-13-32-36(2)14-19)35-38(25-7-5-4-6-22(25)30)27(17)34-28(39)33-24-16-37(10-11-40-3)15-20(24)18-8-9-21(29)23(31)12-18/h4-9,12-14,20,24H,10-11,15-16H2,1-3H3,(H2,33,34,39). The highest BCUT2D eigenvalue weighted by Gasteiger charge is 2.35. The quantitative estimate of drug-likeness (QED) is 0.341. The topological polar surface area (TPSA) is 89.2 Å². The Kier molecular flexibility index (Phi) is 7.90. The maximum absolute atomic E-state index is 14.8. The number of anilines is 1. The van der Waals surface area contributed by atoms with E-state index in [9.17, 15) is 18.0 Å². The van der Waals surface area contributed by atoms with Crippen molar-refractivity contribution in [2.75, 3.05) is 38.7 Å². The molecule has 4 aromatic rings. The van der Waals surface area contributed by atoms with Crippen molar-refractivity contribution in [2.24, 2.45) is 7.05 Å². The summed E-state index contributed by atoms with van der Waals surface area (Å²) >= 11 is 0. The van der Waals surface area contributed by atoms with E-state index in [0.717, 1.165) is 6.07 Å². The van der Waals surface area contributed by atoms with Crippen LogP contribution in [0.2, 0.25) is 0 Å². The zero-order valence-corrected chi connectivity index (χ0v) is 22.4. The molecule has 1 aliphatic rings. The van der Waals surface area contributed by atoms with E-state index in [2.05, 4.69) is 25.7 Å². The van der Waals surface area contributed by atoms with Crippen LogP contribution in [0.4, 0.5) is 23.8 Å². The van der Waals surface area contributed by atoms with Gasteiger partial charge in [-0.25, -0.2) is 22.6 Å². The lowest BCUT2D eigenvalue weighted by Crippen LogP contribution is -2.42. The fourth-order valence-electron chi connectivity index (χ4n) is 5.09. The van der Waals surface area contributed by atoms with Crippen LogP contribution in [0.25, 0.3) is 16.9 Å². The van der Waals surface area contributed by atoms with E-state index in [1.54, 1.807) is 56.4 Å². The van der Waals surface area contributed by atoms with E-state index in [-0.39, 0.29) is 11.6 Å². The fraction of sp³-hybridized carbons (Fsp3) is 0.321. The molecule has 0 spiro atoms. The minimum atomic E-state index is -0.941. The molecule has 0 saturated carbocycles. The van der Waals surface area contributed by atoms with Crippen LogP contribution in [0.3, 0.4) is 0 Å². The second-order valence-corrected chi connectivity index (χ2v) is 9.83. The van der Waals surface area contributed by atoms with Crippen LogP contribution in [0.5, 0.6) is 0 Å². The number of carbonyl (C=O) groups is 1. The molecule has 40 heavy (non-hydrogen) atoms. The molecule has 2 atom stereocenters. The summed E-state index contributed by atoms with van der Waals surface area (Å²) in [6.45, 7) is 3.89. The number of methoxy groups -OCH3 is 1. The van der Waals surface area contributed by atoms with Gasteiger partial charge in [0.05, 0.1) is 18.8 Å². The number of aryl methyl sites for hydroxylation is 1. The highest BCUT2D eigenvalue weighted by atomic mass is 19.2. The summed E-state index contributed by atoms with van der Waals surface area (Å²) in [5, 5.41) is 14.7. The molecule has 0 bridgehead atoms. The van der Waals surface area contributed by atoms with Gasteiger partial charge in [0, 0.05) is 57.0 Å². The zero-order valence-electron chi connectivity index (χ0n) is 22.4. The van der Waals surface area contributed by atoms with Gasteiger partial charge in [-0.15, -0.1) is 0 Å². The predicted octanol–water partition coefficient (Wildman–Crippen LogP) is 4.23. The number of hydrogen-bond acceptors (Lipinski definition) is 5. The minimum Gasteiger partial charge on any atom is -0.383 e. The number of urea groups is 1. The van der Waals surface area contributed by atoms with Gasteiger partial charge in [0.1, 0.15) is 23.0 Å². The second kappa shape index (κ2) is 11.5. The molecule has 5 rings (SSSR count). The van der Waals surface area contributed by atoms with E-state index in [0.29, 0.717) is 54.4 Å². The number of rotatable bonds is 8. The van der Waals surface area contributed by atoms with Gasteiger partial charge in [0.25, 0.3) is 0 Å². The van der Waals surface area contributed by atoms with Crippen LogP contribution in [0.1, 0.15) is 17.0 Å². The van der Waals surface area contributed by atoms with Gasteiger partial charge < -0.3 is 10.1 Å². The number of amides is 2. The zero-order chi connectivity index (χ0) is 28.4. The summed E-state index contributed by atoms with van der Waals surface area (Å²) in [5.74, 6) is -2.37. The molecule has 1 fully saturated rings. The number of carbonyl (C=O) groups excluding carboxylic acids is 1. The molecule has 2 unspecified atom stereocenters. The Bertz CT molecular complexity index is 1520. The van der Waals surface area contributed by atoms with Crippen molar-refractivity contribution in [3.63, 3.8) is 0 Å². The Balaban J connectivity index is 1.44. The molecule has 3 heterocycles. The first kappa shape index (κ1) is 27.4. The summed E-state index contributed by atoms with van der Waals surface area (Å²) in [7, 11) is 3.38. The molecule has 1 aliphatic heterocycles. The van der Waals surface area contributed by atoms with Gasteiger partial charge in [0.15, 0.2) is 11.6 Å². The predicted molar refractivity (Wildman–Crippen MR) is 144 cm³/mol. The molecule has 0 radical (unpaired) electrons. The van der Waals surface area contributed by atoms with E-state index in [1.807, 2.05) is 0 Å². The third kappa shape index (κ3) is 5.58. The lowest BCUT2D eigenvalue weighted by molar-refractivity contribution is 0.159. The van der Waals surface area contributed by atoms with Crippen LogP contribution in [-0.4, -0.2) is 69.9 Å². The average Bonchev–Trinajstić information content (AvgIpc) is 3.62. The first-order chi connectivity index (χ1) is 19.2. The van der Waals surface area contributed by atoms with Crippen LogP contribution in [-0.2, 0) is 11.8 Å². The van der Waals surface area contributed by atoms with Crippen molar-refractivity contribution in [1.82, 2.24) is 29.8 Å². The summed E-state index contributed by atoms with van der Waals surface area (Å²) in [4.78, 5) is 15.5. The van der Waals surface area contributed by atoms with Crippen LogP contribution in [0, 0.1) is 24.4 Å². The van der Waals surface area contributed by atoms with Crippen molar-refractivity contribution in [3.05, 3.63) is 83.4 Å². The number of nitrogens with zero attached hydrogens (tertiary/aromatic N) is 5. The molecule has 210 valence electrons. The van der Waals surface area contributed by atoms with Gasteiger partial charge in [-0.3, -0.25) is 14.9 Å². The van der Waals surface area contributed by atoms with E-state index in [1.165, 1.54) is 22.9 Å². The maximum Gasteiger partial charge on any atom is 0.320 e. The molecular formula is C28H30F3N7O2. The lowest BCUT2D eigenvalue weighted by Gasteiger charge is -2.21. The Morgan fingerprint density at radius 1 is 1.10 bits per heavy atom. The van der Waals surface area contributed by atoms with Gasteiger partial charge in [-0.2, -0.15) is 10.2 Å². The normalized spacial score (nSPS) is 17.4. The first-order valence-electron chi connectivity index (χ1n) is 12.8. The molecule has 2 N–H and O–H groups in total. The highest BCUT2D eigenvalue weighted by molar-refractivity contribution is 5.91. The van der Waals surface area contributed by atoms with Gasteiger partial charge in [-0.05, 0) is 36.8 Å². The smallest absolute Gasteiger partial charge is 0.320 e. The number of aromatic nitrogens is 4. The molecule has 0 aliphatic carbocycles. The summed E-state index contributed by atoms with van der Waals surface area (Å²) in [6.07, 6.45) is 3.43. The van der Waals surface area contributed by atoms with Crippen LogP contribution >= 0.6 is 0 Å². The number of ether oxygens (including phenoxy) is 1. The third-order valence-electron chi connectivity index (χ3n) is 7.11. The van der Waals surface area contributed by atoms with Crippen molar-refractivity contribution < 1.29 is 22.7 Å². The SMILES string of the molecule is COCCN1CC(NC(=O)Nc2c(C)c(-c3cnn(C)c3)nn2-c2ccccc2F)C(c2ccc(F)c(F)c2)C1. The van der Waals surface area contributed by atoms with Crippen molar-refractivity contribution in [1.29, 1.82) is 0 Å². The summed E-state index contributed by atoms with van der Waals surface area (Å²) in [6, 6.07) is 9.00. The Morgan fingerprint density at radius 2 is 1.90 bits per heavy atom.